The second kappa shape index (κ2) is 5.19. The maximum Gasteiger partial charge on any atom is 0.0552 e. The summed E-state index contributed by atoms with van der Waals surface area (Å²) in [6, 6.07) is 14.8. The number of nitrogens with two attached hydrogens (primary N) is 1. The van der Waals surface area contributed by atoms with Crippen molar-refractivity contribution in [2.75, 3.05) is 0 Å². The molecular weight excluding hydrogens is 321 g/mol. The van der Waals surface area contributed by atoms with Crippen molar-refractivity contribution in [2.24, 2.45) is 5.73 Å². The van der Waals surface area contributed by atoms with Gasteiger partial charge in [0.2, 0.25) is 0 Å². The lowest BCUT2D eigenvalue weighted by atomic mass is 9.96. The molecule has 88 valence electrons. The van der Waals surface area contributed by atoms with E-state index >= 15 is 0 Å². The molecule has 0 aliphatic carbocycles. The van der Waals surface area contributed by atoms with Crippen LogP contribution in [-0.2, 0) is 0 Å². The van der Waals surface area contributed by atoms with Crippen molar-refractivity contribution in [3.05, 3.63) is 68.3 Å². The van der Waals surface area contributed by atoms with Gasteiger partial charge in [-0.1, -0.05) is 30.3 Å². The largest absolute Gasteiger partial charge is 0.320 e. The fourth-order valence-electron chi connectivity index (χ4n) is 1.85. The van der Waals surface area contributed by atoms with Gasteiger partial charge in [0.25, 0.3) is 0 Å². The van der Waals surface area contributed by atoms with Crippen molar-refractivity contribution < 1.29 is 0 Å². The maximum atomic E-state index is 6.30. The zero-order chi connectivity index (χ0) is 12.4. The third-order valence-corrected chi connectivity index (χ3v) is 3.77. The van der Waals surface area contributed by atoms with Crippen LogP contribution in [0.25, 0.3) is 0 Å². The molecule has 2 rings (SSSR count). The Morgan fingerprint density at radius 3 is 2.29 bits per heavy atom. The lowest BCUT2D eigenvalue weighted by molar-refractivity contribution is 0.867. The fourth-order valence-corrected chi connectivity index (χ4v) is 2.42. The van der Waals surface area contributed by atoms with Crippen LogP contribution in [0.5, 0.6) is 0 Å². The number of halogens is 1. The number of hydrogen-bond acceptors (Lipinski definition) is 1. The Morgan fingerprint density at radius 1 is 0.941 bits per heavy atom. The molecule has 2 aromatic rings. The highest BCUT2D eigenvalue weighted by Gasteiger charge is 2.09. The van der Waals surface area contributed by atoms with Crippen molar-refractivity contribution in [3.63, 3.8) is 0 Å². The molecule has 17 heavy (non-hydrogen) atoms. The highest BCUT2D eigenvalue weighted by molar-refractivity contribution is 14.1. The van der Waals surface area contributed by atoms with E-state index < -0.39 is 0 Å². The minimum absolute atomic E-state index is 0.0379. The van der Waals surface area contributed by atoms with Crippen LogP contribution in [0.15, 0.2) is 42.5 Å². The van der Waals surface area contributed by atoms with Crippen molar-refractivity contribution in [1.82, 2.24) is 0 Å². The smallest absolute Gasteiger partial charge is 0.0552 e. The van der Waals surface area contributed by atoms with Crippen LogP contribution in [0.1, 0.15) is 28.3 Å². The van der Waals surface area contributed by atoms with Crippen molar-refractivity contribution in [1.29, 1.82) is 0 Å². The molecule has 1 nitrogen and oxygen atoms in total. The van der Waals surface area contributed by atoms with Gasteiger partial charge in [-0.15, -0.1) is 0 Å². The standard InChI is InChI=1S/C15H16IN/c1-10-6-7-13(8-11(10)2)15(17)12-4-3-5-14(16)9-12/h3-9,15H,17H2,1-2H3. The minimum Gasteiger partial charge on any atom is -0.320 e. The van der Waals surface area contributed by atoms with Gasteiger partial charge in [-0.3, -0.25) is 0 Å². The van der Waals surface area contributed by atoms with Crippen LogP contribution in [0.3, 0.4) is 0 Å². The van der Waals surface area contributed by atoms with Gasteiger partial charge in [-0.25, -0.2) is 0 Å². The maximum absolute atomic E-state index is 6.30. The number of rotatable bonds is 2. The molecule has 0 heterocycles. The zero-order valence-electron chi connectivity index (χ0n) is 10.1. The summed E-state index contributed by atoms with van der Waals surface area (Å²) in [6.45, 7) is 4.25. The SMILES string of the molecule is Cc1ccc(C(N)c2cccc(I)c2)cc1C. The molecule has 0 spiro atoms. The van der Waals surface area contributed by atoms with E-state index in [2.05, 4.69) is 78.9 Å². The molecule has 0 fully saturated rings. The van der Waals surface area contributed by atoms with E-state index in [0.29, 0.717) is 0 Å². The molecule has 1 unspecified atom stereocenters. The average Bonchev–Trinajstić information content (AvgIpc) is 2.32. The first kappa shape index (κ1) is 12.6. The van der Waals surface area contributed by atoms with Gasteiger partial charge < -0.3 is 5.73 Å². The summed E-state index contributed by atoms with van der Waals surface area (Å²) in [5.41, 5.74) is 11.2. The molecule has 0 radical (unpaired) electrons. The van der Waals surface area contributed by atoms with Gasteiger partial charge in [0.05, 0.1) is 6.04 Å². The highest BCUT2D eigenvalue weighted by atomic mass is 127. The lowest BCUT2D eigenvalue weighted by Crippen LogP contribution is -2.12. The molecule has 0 bridgehead atoms. The summed E-state index contributed by atoms with van der Waals surface area (Å²) in [5, 5.41) is 0. The van der Waals surface area contributed by atoms with E-state index in [4.69, 9.17) is 5.73 Å². The molecular formula is C15H16IN. The Balaban J connectivity index is 2.36. The summed E-state index contributed by atoms with van der Waals surface area (Å²) < 4.78 is 1.22. The van der Waals surface area contributed by atoms with Gasteiger partial charge in [-0.05, 0) is 70.8 Å². The van der Waals surface area contributed by atoms with Crippen molar-refractivity contribution in [2.45, 2.75) is 19.9 Å². The number of hydrogen-bond donors (Lipinski definition) is 1. The van der Waals surface area contributed by atoms with Crippen molar-refractivity contribution >= 4 is 22.6 Å². The van der Waals surface area contributed by atoms with Gasteiger partial charge >= 0.3 is 0 Å². The van der Waals surface area contributed by atoms with Gasteiger partial charge in [-0.2, -0.15) is 0 Å². The molecule has 0 aliphatic rings. The predicted molar refractivity (Wildman–Crippen MR) is 81.1 cm³/mol. The van der Waals surface area contributed by atoms with E-state index in [0.717, 1.165) is 0 Å². The van der Waals surface area contributed by atoms with Crippen LogP contribution in [0.4, 0.5) is 0 Å². The Bertz CT molecular complexity index is 534. The predicted octanol–water partition coefficient (Wildman–Crippen LogP) is 3.96. The molecule has 2 aromatic carbocycles. The summed E-state index contributed by atoms with van der Waals surface area (Å²) in [5.74, 6) is 0. The Kier molecular flexibility index (Phi) is 3.84. The third kappa shape index (κ3) is 2.87. The van der Waals surface area contributed by atoms with Gasteiger partial charge in [0.15, 0.2) is 0 Å². The summed E-state index contributed by atoms with van der Waals surface area (Å²) in [7, 11) is 0. The first-order valence-electron chi connectivity index (χ1n) is 5.66. The zero-order valence-corrected chi connectivity index (χ0v) is 12.2. The summed E-state index contributed by atoms with van der Waals surface area (Å²) in [6.07, 6.45) is 0. The topological polar surface area (TPSA) is 26.0 Å². The summed E-state index contributed by atoms with van der Waals surface area (Å²) >= 11 is 2.31. The Labute approximate surface area is 116 Å². The van der Waals surface area contributed by atoms with E-state index in [1.807, 2.05) is 0 Å². The quantitative estimate of drug-likeness (QED) is 0.825. The molecule has 2 N–H and O–H groups in total. The molecule has 1 atom stereocenters. The molecule has 0 aliphatic heterocycles. The average molecular weight is 337 g/mol. The van der Waals surface area contributed by atoms with Crippen LogP contribution in [-0.4, -0.2) is 0 Å². The normalized spacial score (nSPS) is 12.5. The van der Waals surface area contributed by atoms with E-state index in [-0.39, 0.29) is 6.04 Å². The first-order chi connectivity index (χ1) is 8.08. The molecule has 2 heteroatoms. The van der Waals surface area contributed by atoms with E-state index in [1.165, 1.54) is 25.8 Å². The molecule has 0 saturated carbocycles. The monoisotopic (exact) mass is 337 g/mol. The van der Waals surface area contributed by atoms with Crippen LogP contribution >= 0.6 is 22.6 Å². The van der Waals surface area contributed by atoms with Crippen LogP contribution in [0.2, 0.25) is 0 Å². The van der Waals surface area contributed by atoms with Crippen LogP contribution < -0.4 is 5.73 Å². The Morgan fingerprint density at radius 2 is 1.65 bits per heavy atom. The summed E-state index contributed by atoms with van der Waals surface area (Å²) in [4.78, 5) is 0. The molecule has 0 saturated heterocycles. The van der Waals surface area contributed by atoms with E-state index in [9.17, 15) is 0 Å². The second-order valence-electron chi connectivity index (χ2n) is 4.38. The fraction of sp³-hybridized carbons (Fsp3) is 0.200. The van der Waals surface area contributed by atoms with E-state index in [1.54, 1.807) is 0 Å². The number of aryl methyl sites for hydroxylation is 2. The minimum atomic E-state index is -0.0379. The lowest BCUT2D eigenvalue weighted by Gasteiger charge is -2.14. The van der Waals surface area contributed by atoms with Gasteiger partial charge in [0.1, 0.15) is 0 Å². The Hall–Kier alpha value is -0.870. The number of benzene rings is 2. The van der Waals surface area contributed by atoms with Crippen molar-refractivity contribution in [3.8, 4) is 0 Å². The highest BCUT2D eigenvalue weighted by Crippen LogP contribution is 2.22. The second-order valence-corrected chi connectivity index (χ2v) is 5.62. The van der Waals surface area contributed by atoms with Gasteiger partial charge in [0, 0.05) is 3.57 Å². The third-order valence-electron chi connectivity index (χ3n) is 3.10. The molecule has 0 amide bonds. The molecule has 0 aromatic heterocycles. The first-order valence-corrected chi connectivity index (χ1v) is 6.74. The van der Waals surface area contributed by atoms with Crippen LogP contribution in [0, 0.1) is 17.4 Å².